The second-order valence-corrected chi connectivity index (χ2v) is 3.99. The first-order chi connectivity index (χ1) is 5.70. The molecule has 2 nitrogen and oxygen atoms in total. The van der Waals surface area contributed by atoms with E-state index in [2.05, 4.69) is 26.2 Å². The Morgan fingerprint density at radius 3 is 2.33 bits per heavy atom. The minimum atomic E-state index is 0.525. The molecule has 3 N–H and O–H groups in total. The van der Waals surface area contributed by atoms with Crippen LogP contribution in [0.15, 0.2) is 0 Å². The van der Waals surface area contributed by atoms with Gasteiger partial charge < -0.3 is 0 Å². The van der Waals surface area contributed by atoms with Gasteiger partial charge in [0.1, 0.15) is 0 Å². The highest BCUT2D eigenvalue weighted by atomic mass is 15.2. The first-order valence-corrected chi connectivity index (χ1v) is 5.16. The quantitative estimate of drug-likeness (QED) is 0.352. The minimum absolute atomic E-state index is 0.525. The monoisotopic (exact) mass is 172 g/mol. The molecule has 74 valence electrons. The molecule has 0 aromatic rings. The van der Waals surface area contributed by atoms with E-state index in [0.717, 1.165) is 5.92 Å². The smallest absolute Gasteiger partial charge is 0.0213 e. The van der Waals surface area contributed by atoms with Crippen LogP contribution in [-0.2, 0) is 0 Å². The molecule has 0 aliphatic heterocycles. The Morgan fingerprint density at radius 1 is 1.25 bits per heavy atom. The Morgan fingerprint density at radius 2 is 1.92 bits per heavy atom. The summed E-state index contributed by atoms with van der Waals surface area (Å²) in [5.41, 5.74) is 2.89. The third-order valence-corrected chi connectivity index (χ3v) is 2.15. The van der Waals surface area contributed by atoms with Crippen molar-refractivity contribution >= 4 is 0 Å². The molecule has 0 saturated heterocycles. The van der Waals surface area contributed by atoms with Crippen LogP contribution < -0.4 is 11.3 Å². The van der Waals surface area contributed by atoms with Crippen molar-refractivity contribution < 1.29 is 0 Å². The maximum absolute atomic E-state index is 5.45. The average molecular weight is 172 g/mol. The molecule has 2 heteroatoms. The van der Waals surface area contributed by atoms with E-state index in [0.29, 0.717) is 6.04 Å². The maximum atomic E-state index is 5.45. The lowest BCUT2D eigenvalue weighted by molar-refractivity contribution is 0.392. The molecule has 0 fully saturated rings. The molecule has 1 unspecified atom stereocenters. The molecule has 0 aliphatic carbocycles. The Bertz CT molecular complexity index is 91.8. The van der Waals surface area contributed by atoms with Crippen LogP contribution in [0.1, 0.15) is 52.9 Å². The van der Waals surface area contributed by atoms with E-state index in [4.69, 9.17) is 5.84 Å². The van der Waals surface area contributed by atoms with E-state index in [-0.39, 0.29) is 0 Å². The predicted octanol–water partition coefficient (Wildman–Crippen LogP) is 2.44. The number of unbranched alkanes of at least 4 members (excludes halogenated alkanes) is 2. The van der Waals surface area contributed by atoms with Crippen LogP contribution in [0.2, 0.25) is 0 Å². The van der Waals surface area contributed by atoms with Gasteiger partial charge in [-0.2, -0.15) is 0 Å². The second kappa shape index (κ2) is 7.56. The lowest BCUT2D eigenvalue weighted by Gasteiger charge is -2.17. The third-order valence-electron chi connectivity index (χ3n) is 2.15. The van der Waals surface area contributed by atoms with Gasteiger partial charge in [0.15, 0.2) is 0 Å². The van der Waals surface area contributed by atoms with E-state index in [9.17, 15) is 0 Å². The molecule has 12 heavy (non-hydrogen) atoms. The van der Waals surface area contributed by atoms with Gasteiger partial charge in [-0.15, -0.1) is 0 Å². The van der Waals surface area contributed by atoms with Crippen molar-refractivity contribution in [1.29, 1.82) is 0 Å². The summed E-state index contributed by atoms with van der Waals surface area (Å²) < 4.78 is 0. The highest BCUT2D eigenvalue weighted by Gasteiger charge is 2.07. The normalized spacial score (nSPS) is 13.8. The first-order valence-electron chi connectivity index (χ1n) is 5.16. The van der Waals surface area contributed by atoms with Crippen molar-refractivity contribution in [3.05, 3.63) is 0 Å². The number of hydrogen-bond donors (Lipinski definition) is 2. The Hall–Kier alpha value is -0.0800. The number of nitrogens with one attached hydrogen (secondary N) is 1. The standard InChI is InChI=1S/C10H24N2/c1-4-5-6-7-10(12-11)8-9(2)3/h9-10,12H,4-8,11H2,1-3H3. The summed E-state index contributed by atoms with van der Waals surface area (Å²) in [5, 5.41) is 0. The van der Waals surface area contributed by atoms with Crippen LogP contribution in [0.3, 0.4) is 0 Å². The van der Waals surface area contributed by atoms with Crippen molar-refractivity contribution in [1.82, 2.24) is 5.43 Å². The summed E-state index contributed by atoms with van der Waals surface area (Å²) in [6, 6.07) is 0.525. The molecule has 0 spiro atoms. The second-order valence-electron chi connectivity index (χ2n) is 3.99. The van der Waals surface area contributed by atoms with E-state index in [1.54, 1.807) is 0 Å². The van der Waals surface area contributed by atoms with Crippen LogP contribution in [0.5, 0.6) is 0 Å². The van der Waals surface area contributed by atoms with Crippen molar-refractivity contribution in [2.45, 2.75) is 58.9 Å². The lowest BCUT2D eigenvalue weighted by Crippen LogP contribution is -2.36. The number of hydrazine groups is 1. The highest BCUT2D eigenvalue weighted by molar-refractivity contribution is 4.65. The van der Waals surface area contributed by atoms with Gasteiger partial charge >= 0.3 is 0 Å². The Kier molecular flexibility index (Phi) is 7.51. The molecule has 0 bridgehead atoms. The fourth-order valence-electron chi connectivity index (χ4n) is 1.48. The van der Waals surface area contributed by atoms with Gasteiger partial charge in [-0.25, -0.2) is 0 Å². The highest BCUT2D eigenvalue weighted by Crippen LogP contribution is 2.10. The van der Waals surface area contributed by atoms with Crippen molar-refractivity contribution in [3.63, 3.8) is 0 Å². The number of nitrogens with two attached hydrogens (primary N) is 1. The zero-order chi connectivity index (χ0) is 9.40. The number of hydrogen-bond acceptors (Lipinski definition) is 2. The average Bonchev–Trinajstić information content (AvgIpc) is 2.02. The van der Waals surface area contributed by atoms with Crippen LogP contribution >= 0.6 is 0 Å². The molecular weight excluding hydrogens is 148 g/mol. The first kappa shape index (κ1) is 11.9. The molecule has 0 aromatic carbocycles. The van der Waals surface area contributed by atoms with Gasteiger partial charge in [0, 0.05) is 6.04 Å². The van der Waals surface area contributed by atoms with Crippen LogP contribution in [-0.4, -0.2) is 6.04 Å². The Labute approximate surface area is 76.9 Å². The van der Waals surface area contributed by atoms with Crippen LogP contribution in [0.4, 0.5) is 0 Å². The minimum Gasteiger partial charge on any atom is -0.271 e. The molecule has 0 rings (SSSR count). The van der Waals surface area contributed by atoms with Crippen molar-refractivity contribution in [2.75, 3.05) is 0 Å². The molecular formula is C10H24N2. The third kappa shape index (κ3) is 6.62. The summed E-state index contributed by atoms with van der Waals surface area (Å²) >= 11 is 0. The summed E-state index contributed by atoms with van der Waals surface area (Å²) in [5.74, 6) is 6.20. The van der Waals surface area contributed by atoms with E-state index < -0.39 is 0 Å². The summed E-state index contributed by atoms with van der Waals surface area (Å²) in [7, 11) is 0. The van der Waals surface area contributed by atoms with Crippen LogP contribution in [0, 0.1) is 5.92 Å². The van der Waals surface area contributed by atoms with E-state index >= 15 is 0 Å². The van der Waals surface area contributed by atoms with Gasteiger partial charge in [0.25, 0.3) is 0 Å². The van der Waals surface area contributed by atoms with E-state index in [1.807, 2.05) is 0 Å². The van der Waals surface area contributed by atoms with Gasteiger partial charge in [-0.1, -0.05) is 40.0 Å². The fraction of sp³-hybridized carbons (Fsp3) is 1.00. The maximum Gasteiger partial charge on any atom is 0.0213 e. The number of rotatable bonds is 7. The molecule has 0 radical (unpaired) electrons. The van der Waals surface area contributed by atoms with Gasteiger partial charge in [-0.3, -0.25) is 11.3 Å². The molecule has 0 saturated carbocycles. The van der Waals surface area contributed by atoms with Gasteiger partial charge in [-0.05, 0) is 18.8 Å². The summed E-state index contributed by atoms with van der Waals surface area (Å²) in [6.07, 6.45) is 6.34. The van der Waals surface area contributed by atoms with Gasteiger partial charge in [0.05, 0.1) is 0 Å². The lowest BCUT2D eigenvalue weighted by atomic mass is 9.99. The predicted molar refractivity (Wildman–Crippen MR) is 54.7 cm³/mol. The van der Waals surface area contributed by atoms with Crippen molar-refractivity contribution in [2.24, 2.45) is 11.8 Å². The SMILES string of the molecule is CCCCCC(CC(C)C)NN. The Balaban J connectivity index is 3.39. The largest absolute Gasteiger partial charge is 0.271 e. The molecule has 0 aromatic heterocycles. The topological polar surface area (TPSA) is 38.0 Å². The van der Waals surface area contributed by atoms with Crippen LogP contribution in [0.25, 0.3) is 0 Å². The molecule has 0 aliphatic rings. The molecule has 1 atom stereocenters. The fourth-order valence-corrected chi connectivity index (χ4v) is 1.48. The molecule has 0 amide bonds. The summed E-state index contributed by atoms with van der Waals surface area (Å²) in [4.78, 5) is 0. The summed E-state index contributed by atoms with van der Waals surface area (Å²) in [6.45, 7) is 6.71. The molecule has 0 heterocycles. The van der Waals surface area contributed by atoms with Gasteiger partial charge in [0.2, 0.25) is 0 Å². The zero-order valence-electron chi connectivity index (χ0n) is 8.77. The zero-order valence-corrected chi connectivity index (χ0v) is 8.77. The van der Waals surface area contributed by atoms with Crippen molar-refractivity contribution in [3.8, 4) is 0 Å². The van der Waals surface area contributed by atoms with E-state index in [1.165, 1.54) is 32.1 Å².